The summed E-state index contributed by atoms with van der Waals surface area (Å²) in [5.74, 6) is -0.134. The second-order valence-electron chi connectivity index (χ2n) is 4.62. The summed E-state index contributed by atoms with van der Waals surface area (Å²) >= 11 is 0. The van der Waals surface area contributed by atoms with Crippen LogP contribution in [0, 0.1) is 6.92 Å². The number of hydrogen-bond acceptors (Lipinski definition) is 3. The number of carbonyl (C=O) groups is 1. The van der Waals surface area contributed by atoms with Crippen LogP contribution in [-0.2, 0) is 13.5 Å². The quantitative estimate of drug-likeness (QED) is 0.811. The highest BCUT2D eigenvalue weighted by molar-refractivity contribution is 5.99. The molecular formula is C14H18N4O. The normalized spacial score (nSPS) is 10.4. The highest BCUT2D eigenvalue weighted by Crippen LogP contribution is 2.13. The van der Waals surface area contributed by atoms with Crippen molar-refractivity contribution in [3.05, 3.63) is 47.3 Å². The standard InChI is InChI=1S/C14H18N4O/c1-10-3-4-13(15)12(7-10)14(19)16-6-5-11-8-17-18(2)9-11/h3-4,7-9H,5-6,15H2,1-2H3,(H,16,19). The number of hydrogen-bond donors (Lipinski definition) is 2. The van der Waals surface area contributed by atoms with Gasteiger partial charge >= 0.3 is 0 Å². The number of nitrogen functional groups attached to an aromatic ring is 1. The molecule has 1 heterocycles. The average molecular weight is 258 g/mol. The van der Waals surface area contributed by atoms with Crippen LogP contribution in [-0.4, -0.2) is 22.2 Å². The Balaban J connectivity index is 1.92. The molecule has 0 atom stereocenters. The summed E-state index contributed by atoms with van der Waals surface area (Å²) < 4.78 is 1.75. The van der Waals surface area contributed by atoms with E-state index in [0.29, 0.717) is 17.8 Å². The monoisotopic (exact) mass is 258 g/mol. The molecule has 5 heteroatoms. The zero-order valence-corrected chi connectivity index (χ0v) is 11.2. The number of nitrogens with two attached hydrogens (primary N) is 1. The first kappa shape index (κ1) is 13.1. The zero-order chi connectivity index (χ0) is 13.8. The predicted molar refractivity (Wildman–Crippen MR) is 74.8 cm³/mol. The molecule has 19 heavy (non-hydrogen) atoms. The van der Waals surface area contributed by atoms with Gasteiger partial charge in [-0.05, 0) is 31.0 Å². The van der Waals surface area contributed by atoms with Gasteiger partial charge in [0, 0.05) is 25.5 Å². The lowest BCUT2D eigenvalue weighted by atomic mass is 10.1. The summed E-state index contributed by atoms with van der Waals surface area (Å²) in [6.07, 6.45) is 4.49. The van der Waals surface area contributed by atoms with Crippen LogP contribution in [0.15, 0.2) is 30.6 Å². The molecule has 2 aromatic rings. The second-order valence-corrected chi connectivity index (χ2v) is 4.62. The van der Waals surface area contributed by atoms with Gasteiger partial charge in [-0.15, -0.1) is 0 Å². The summed E-state index contributed by atoms with van der Waals surface area (Å²) in [7, 11) is 1.87. The zero-order valence-electron chi connectivity index (χ0n) is 11.2. The van der Waals surface area contributed by atoms with Crippen molar-refractivity contribution < 1.29 is 4.79 Å². The Kier molecular flexibility index (Phi) is 3.85. The van der Waals surface area contributed by atoms with Crippen molar-refractivity contribution in [2.24, 2.45) is 7.05 Å². The van der Waals surface area contributed by atoms with Crippen LogP contribution in [0.3, 0.4) is 0 Å². The number of nitrogens with zero attached hydrogens (tertiary/aromatic N) is 2. The number of amides is 1. The first-order chi connectivity index (χ1) is 9.06. The third-order valence-corrected chi connectivity index (χ3v) is 2.91. The molecule has 1 aromatic carbocycles. The highest BCUT2D eigenvalue weighted by Gasteiger charge is 2.09. The molecule has 0 bridgehead atoms. The van der Waals surface area contributed by atoms with Gasteiger partial charge in [-0.1, -0.05) is 11.6 Å². The van der Waals surface area contributed by atoms with Gasteiger partial charge < -0.3 is 11.1 Å². The van der Waals surface area contributed by atoms with E-state index in [4.69, 9.17) is 5.73 Å². The van der Waals surface area contributed by atoms with E-state index < -0.39 is 0 Å². The Morgan fingerprint density at radius 2 is 2.26 bits per heavy atom. The number of rotatable bonds is 4. The lowest BCUT2D eigenvalue weighted by Crippen LogP contribution is -2.26. The van der Waals surface area contributed by atoms with E-state index in [1.54, 1.807) is 23.0 Å². The van der Waals surface area contributed by atoms with Gasteiger partial charge in [-0.3, -0.25) is 9.48 Å². The molecule has 0 aliphatic heterocycles. The highest BCUT2D eigenvalue weighted by atomic mass is 16.1. The molecule has 5 nitrogen and oxygen atoms in total. The van der Waals surface area contributed by atoms with Crippen LogP contribution in [0.4, 0.5) is 5.69 Å². The van der Waals surface area contributed by atoms with Crippen molar-refractivity contribution in [3.63, 3.8) is 0 Å². The second kappa shape index (κ2) is 5.56. The molecule has 100 valence electrons. The number of carbonyl (C=O) groups excluding carboxylic acids is 1. The molecule has 3 N–H and O–H groups in total. The van der Waals surface area contributed by atoms with Gasteiger partial charge in [0.1, 0.15) is 0 Å². The molecule has 0 spiro atoms. The molecule has 0 fully saturated rings. The van der Waals surface area contributed by atoms with Crippen LogP contribution in [0.2, 0.25) is 0 Å². The minimum atomic E-state index is -0.134. The van der Waals surface area contributed by atoms with Gasteiger partial charge in [0.05, 0.1) is 11.8 Å². The summed E-state index contributed by atoms with van der Waals surface area (Å²) in [6, 6.07) is 5.45. The van der Waals surface area contributed by atoms with E-state index in [2.05, 4.69) is 10.4 Å². The van der Waals surface area contributed by atoms with E-state index in [9.17, 15) is 4.79 Å². The summed E-state index contributed by atoms with van der Waals surface area (Å²) in [5.41, 5.74) is 8.96. The largest absolute Gasteiger partial charge is 0.398 e. The lowest BCUT2D eigenvalue weighted by Gasteiger charge is -2.07. The molecule has 0 saturated carbocycles. The number of nitrogens with one attached hydrogen (secondary N) is 1. The number of benzene rings is 1. The molecule has 1 amide bonds. The number of aromatic nitrogens is 2. The topological polar surface area (TPSA) is 72.9 Å². The van der Waals surface area contributed by atoms with E-state index >= 15 is 0 Å². The molecule has 0 saturated heterocycles. The van der Waals surface area contributed by atoms with E-state index in [0.717, 1.165) is 17.5 Å². The first-order valence-electron chi connectivity index (χ1n) is 6.18. The van der Waals surface area contributed by atoms with Gasteiger partial charge in [-0.25, -0.2) is 0 Å². The summed E-state index contributed by atoms with van der Waals surface area (Å²) in [4.78, 5) is 12.0. The van der Waals surface area contributed by atoms with Crippen molar-refractivity contribution in [2.45, 2.75) is 13.3 Å². The van der Waals surface area contributed by atoms with Crippen LogP contribution in [0.1, 0.15) is 21.5 Å². The first-order valence-corrected chi connectivity index (χ1v) is 6.18. The average Bonchev–Trinajstić information content (AvgIpc) is 2.78. The fourth-order valence-electron chi connectivity index (χ4n) is 1.88. The smallest absolute Gasteiger partial charge is 0.253 e. The molecule has 0 aliphatic rings. The molecule has 0 aliphatic carbocycles. The van der Waals surface area contributed by atoms with Gasteiger partial charge in [0.15, 0.2) is 0 Å². The number of aryl methyl sites for hydroxylation is 2. The minimum Gasteiger partial charge on any atom is -0.398 e. The third-order valence-electron chi connectivity index (χ3n) is 2.91. The maximum absolute atomic E-state index is 12.0. The van der Waals surface area contributed by atoms with Gasteiger partial charge in [0.25, 0.3) is 5.91 Å². The Labute approximate surface area is 112 Å². The predicted octanol–water partition coefficient (Wildman–Crippen LogP) is 1.28. The van der Waals surface area contributed by atoms with Crippen molar-refractivity contribution in [1.29, 1.82) is 0 Å². The Hall–Kier alpha value is -2.30. The molecule has 1 aromatic heterocycles. The van der Waals surface area contributed by atoms with Gasteiger partial charge in [-0.2, -0.15) is 5.10 Å². The van der Waals surface area contributed by atoms with Crippen LogP contribution in [0.25, 0.3) is 0 Å². The van der Waals surface area contributed by atoms with Crippen LogP contribution < -0.4 is 11.1 Å². The SMILES string of the molecule is Cc1ccc(N)c(C(=O)NCCc2cnn(C)c2)c1. The van der Waals surface area contributed by atoms with Crippen molar-refractivity contribution in [2.75, 3.05) is 12.3 Å². The fraction of sp³-hybridized carbons (Fsp3) is 0.286. The van der Waals surface area contributed by atoms with E-state index in [1.807, 2.05) is 26.2 Å². The molecule has 2 rings (SSSR count). The Bertz CT molecular complexity index is 589. The van der Waals surface area contributed by atoms with Gasteiger partial charge in [0.2, 0.25) is 0 Å². The van der Waals surface area contributed by atoms with E-state index in [-0.39, 0.29) is 5.91 Å². The van der Waals surface area contributed by atoms with Crippen LogP contribution in [0.5, 0.6) is 0 Å². The minimum absolute atomic E-state index is 0.134. The van der Waals surface area contributed by atoms with E-state index in [1.165, 1.54) is 0 Å². The fourth-order valence-corrected chi connectivity index (χ4v) is 1.88. The van der Waals surface area contributed by atoms with Crippen LogP contribution >= 0.6 is 0 Å². The number of anilines is 1. The summed E-state index contributed by atoms with van der Waals surface area (Å²) in [5, 5.41) is 6.95. The Morgan fingerprint density at radius 1 is 1.47 bits per heavy atom. The molecule has 0 unspecified atom stereocenters. The molecule has 0 radical (unpaired) electrons. The maximum atomic E-state index is 12.0. The van der Waals surface area contributed by atoms with Crippen molar-refractivity contribution >= 4 is 11.6 Å². The Morgan fingerprint density at radius 3 is 2.95 bits per heavy atom. The third kappa shape index (κ3) is 3.34. The van der Waals surface area contributed by atoms with Crippen molar-refractivity contribution in [1.82, 2.24) is 15.1 Å². The molecular weight excluding hydrogens is 240 g/mol. The summed E-state index contributed by atoms with van der Waals surface area (Å²) in [6.45, 7) is 2.50. The lowest BCUT2D eigenvalue weighted by molar-refractivity contribution is 0.0955. The van der Waals surface area contributed by atoms with Crippen molar-refractivity contribution in [3.8, 4) is 0 Å². The maximum Gasteiger partial charge on any atom is 0.253 e.